The Balaban J connectivity index is 1.66. The van der Waals surface area contributed by atoms with Crippen molar-refractivity contribution in [2.75, 3.05) is 6.54 Å². The molecule has 1 N–H and O–H groups in total. The van der Waals surface area contributed by atoms with Gasteiger partial charge in [0, 0.05) is 6.04 Å². The van der Waals surface area contributed by atoms with Crippen molar-refractivity contribution in [3.05, 3.63) is 34.4 Å². The number of nitrogens with one attached hydrogen (secondary N) is 1. The third kappa shape index (κ3) is 2.00. The number of rotatable bonds is 4. The highest BCUT2D eigenvalue weighted by Gasteiger charge is 2.66. The van der Waals surface area contributed by atoms with Crippen molar-refractivity contribution in [1.82, 2.24) is 5.32 Å². The van der Waals surface area contributed by atoms with E-state index in [4.69, 9.17) is 0 Å². The first-order chi connectivity index (χ1) is 10.1. The molecule has 2 bridgehead atoms. The van der Waals surface area contributed by atoms with Crippen LogP contribution in [0.15, 0.2) is 12.1 Å². The van der Waals surface area contributed by atoms with Crippen LogP contribution >= 0.6 is 0 Å². The predicted molar refractivity (Wildman–Crippen MR) is 88.4 cm³/mol. The van der Waals surface area contributed by atoms with Crippen LogP contribution in [0.5, 0.6) is 0 Å². The van der Waals surface area contributed by atoms with Gasteiger partial charge in [0.05, 0.1) is 0 Å². The third-order valence-corrected chi connectivity index (χ3v) is 6.82. The summed E-state index contributed by atoms with van der Waals surface area (Å²) in [5.41, 5.74) is 5.95. The van der Waals surface area contributed by atoms with E-state index in [1.54, 1.807) is 12.0 Å². The first-order valence-corrected chi connectivity index (χ1v) is 8.93. The summed E-state index contributed by atoms with van der Waals surface area (Å²) in [6.07, 6.45) is 4.59. The molecule has 1 aromatic carbocycles. The van der Waals surface area contributed by atoms with E-state index in [2.05, 4.69) is 45.1 Å². The summed E-state index contributed by atoms with van der Waals surface area (Å²) in [6.45, 7) is 10.1. The van der Waals surface area contributed by atoms with Gasteiger partial charge >= 0.3 is 0 Å². The molecular weight excluding hydrogens is 254 g/mol. The largest absolute Gasteiger partial charge is 0.310 e. The Hall–Kier alpha value is -0.820. The topological polar surface area (TPSA) is 12.0 Å². The summed E-state index contributed by atoms with van der Waals surface area (Å²) in [7, 11) is 0. The molecule has 3 aliphatic carbocycles. The zero-order chi connectivity index (χ0) is 14.7. The number of aryl methyl sites for hydroxylation is 3. The number of benzene rings is 1. The summed E-state index contributed by atoms with van der Waals surface area (Å²) in [6, 6.07) is 5.46. The number of fused-ring (bicyclic) bond motifs is 5. The normalized spacial score (nSPS) is 37.6. The van der Waals surface area contributed by atoms with Gasteiger partial charge in [0.25, 0.3) is 0 Å². The second-order valence-corrected chi connectivity index (χ2v) is 7.89. The van der Waals surface area contributed by atoms with Crippen molar-refractivity contribution in [3.8, 4) is 0 Å². The Bertz CT molecular complexity index is 545. The van der Waals surface area contributed by atoms with Gasteiger partial charge in [-0.1, -0.05) is 19.1 Å². The zero-order valence-electron chi connectivity index (χ0n) is 13.9. The highest BCUT2D eigenvalue weighted by atomic mass is 14.9. The smallest absolute Gasteiger partial charge is 0.0357 e. The van der Waals surface area contributed by atoms with Crippen molar-refractivity contribution >= 4 is 0 Å². The van der Waals surface area contributed by atoms with Gasteiger partial charge in [0.1, 0.15) is 0 Å². The van der Waals surface area contributed by atoms with Gasteiger partial charge in [-0.15, -0.1) is 0 Å². The average Bonchev–Trinajstić information content (AvgIpc) is 2.87. The molecule has 0 saturated heterocycles. The van der Waals surface area contributed by atoms with Gasteiger partial charge in [0.2, 0.25) is 0 Å². The van der Waals surface area contributed by atoms with Crippen molar-refractivity contribution in [1.29, 1.82) is 0 Å². The molecule has 1 heteroatoms. The van der Waals surface area contributed by atoms with E-state index in [0.717, 1.165) is 36.1 Å². The molecule has 0 aliphatic heterocycles. The Morgan fingerprint density at radius 3 is 2.24 bits per heavy atom. The Kier molecular flexibility index (Phi) is 3.19. The van der Waals surface area contributed by atoms with Crippen LogP contribution in [0.3, 0.4) is 0 Å². The van der Waals surface area contributed by atoms with Crippen molar-refractivity contribution in [2.45, 2.75) is 53.0 Å². The van der Waals surface area contributed by atoms with Crippen molar-refractivity contribution < 1.29 is 0 Å². The van der Waals surface area contributed by atoms with E-state index in [0.29, 0.717) is 6.04 Å². The van der Waals surface area contributed by atoms with E-state index >= 15 is 0 Å². The zero-order valence-corrected chi connectivity index (χ0v) is 13.9. The van der Waals surface area contributed by atoms with Crippen LogP contribution in [0, 0.1) is 50.4 Å². The molecule has 1 aromatic rings. The SMILES string of the molecule is CCNC(c1cc(C)c(C)cc1C)C1C2C3CCC(C3)C21. The second-order valence-electron chi connectivity index (χ2n) is 7.89. The number of hydrogen-bond donors (Lipinski definition) is 1. The minimum absolute atomic E-state index is 0.604. The van der Waals surface area contributed by atoms with Crippen LogP contribution in [0.25, 0.3) is 0 Å². The van der Waals surface area contributed by atoms with Gasteiger partial charge in [0.15, 0.2) is 0 Å². The summed E-state index contributed by atoms with van der Waals surface area (Å²) >= 11 is 0. The van der Waals surface area contributed by atoms with E-state index in [1.807, 2.05) is 0 Å². The fraction of sp³-hybridized carbons (Fsp3) is 0.700. The lowest BCUT2D eigenvalue weighted by Crippen LogP contribution is -2.26. The van der Waals surface area contributed by atoms with Crippen LogP contribution in [0.2, 0.25) is 0 Å². The molecule has 1 nitrogen and oxygen atoms in total. The first-order valence-electron chi connectivity index (χ1n) is 8.93. The average molecular weight is 283 g/mol. The molecule has 5 unspecified atom stereocenters. The Morgan fingerprint density at radius 1 is 1.00 bits per heavy atom. The maximum Gasteiger partial charge on any atom is 0.0357 e. The highest BCUT2D eigenvalue weighted by molar-refractivity contribution is 5.40. The highest BCUT2D eigenvalue weighted by Crippen LogP contribution is 2.72. The van der Waals surface area contributed by atoms with Gasteiger partial charge < -0.3 is 5.32 Å². The lowest BCUT2D eigenvalue weighted by Gasteiger charge is -2.24. The summed E-state index contributed by atoms with van der Waals surface area (Å²) in [5, 5.41) is 3.85. The van der Waals surface area contributed by atoms with E-state index in [-0.39, 0.29) is 0 Å². The molecule has 21 heavy (non-hydrogen) atoms. The van der Waals surface area contributed by atoms with Gasteiger partial charge in [-0.25, -0.2) is 0 Å². The monoisotopic (exact) mass is 283 g/mol. The van der Waals surface area contributed by atoms with Gasteiger partial charge in [-0.05, 0) is 98.4 Å². The molecule has 0 amide bonds. The molecule has 5 atom stereocenters. The molecule has 0 spiro atoms. The maximum absolute atomic E-state index is 3.85. The molecule has 3 saturated carbocycles. The molecule has 0 radical (unpaired) electrons. The minimum atomic E-state index is 0.604. The lowest BCUT2D eigenvalue weighted by molar-refractivity contribution is 0.373. The molecule has 0 heterocycles. The van der Waals surface area contributed by atoms with E-state index in [1.165, 1.54) is 29.5 Å². The third-order valence-electron chi connectivity index (χ3n) is 6.82. The summed E-state index contributed by atoms with van der Waals surface area (Å²) < 4.78 is 0. The molecule has 3 aliphatic rings. The maximum atomic E-state index is 3.85. The van der Waals surface area contributed by atoms with Gasteiger partial charge in [-0.3, -0.25) is 0 Å². The molecule has 114 valence electrons. The quantitative estimate of drug-likeness (QED) is 0.854. The van der Waals surface area contributed by atoms with Crippen molar-refractivity contribution in [2.24, 2.45) is 29.6 Å². The standard InChI is InChI=1S/C20H29N/c1-5-21-20(16-9-12(3)11(2)8-13(16)4)19-17-14-6-7-15(10-14)18(17)19/h8-9,14-15,17-21H,5-7,10H2,1-4H3. The van der Waals surface area contributed by atoms with Crippen molar-refractivity contribution in [3.63, 3.8) is 0 Å². The van der Waals surface area contributed by atoms with E-state index < -0.39 is 0 Å². The molecular formula is C20H29N. The van der Waals surface area contributed by atoms with Gasteiger partial charge in [-0.2, -0.15) is 0 Å². The predicted octanol–water partition coefficient (Wildman–Crippen LogP) is 4.55. The van der Waals surface area contributed by atoms with E-state index in [9.17, 15) is 0 Å². The first kappa shape index (κ1) is 13.8. The summed E-state index contributed by atoms with van der Waals surface area (Å²) in [5.74, 6) is 5.16. The number of hydrogen-bond acceptors (Lipinski definition) is 1. The Morgan fingerprint density at radius 2 is 1.62 bits per heavy atom. The fourth-order valence-electron chi connectivity index (χ4n) is 5.83. The van der Waals surface area contributed by atoms with Crippen LogP contribution < -0.4 is 5.32 Å². The van der Waals surface area contributed by atoms with Crippen LogP contribution in [-0.4, -0.2) is 6.54 Å². The molecule has 4 rings (SSSR count). The molecule has 0 aromatic heterocycles. The Labute approximate surface area is 129 Å². The van der Waals surface area contributed by atoms with Crippen LogP contribution in [0.4, 0.5) is 0 Å². The fourth-order valence-corrected chi connectivity index (χ4v) is 5.83. The van der Waals surface area contributed by atoms with Crippen LogP contribution in [-0.2, 0) is 0 Å². The van der Waals surface area contributed by atoms with Crippen LogP contribution in [0.1, 0.15) is 54.5 Å². The molecule has 3 fully saturated rings. The summed E-state index contributed by atoms with van der Waals surface area (Å²) in [4.78, 5) is 0. The lowest BCUT2D eigenvalue weighted by atomic mass is 9.89. The minimum Gasteiger partial charge on any atom is -0.310 e. The second kappa shape index (κ2) is 4.84.